The number of hydrogen-bond donors (Lipinski definition) is 2. The third-order valence-corrected chi connectivity index (χ3v) is 3.85. The van der Waals surface area contributed by atoms with Gasteiger partial charge in [0.1, 0.15) is 5.75 Å². The van der Waals surface area contributed by atoms with E-state index in [1.807, 2.05) is 30.3 Å². The number of rotatable bonds is 10. The predicted octanol–water partition coefficient (Wildman–Crippen LogP) is 3.80. The van der Waals surface area contributed by atoms with Crippen molar-refractivity contribution in [2.45, 2.75) is 33.2 Å². The highest BCUT2D eigenvalue weighted by Crippen LogP contribution is 2.15. The standard InChI is InChI=1S/C21H26N2O3/c1-3-22-15-17-7-4-9-19(13-17)23-21(25)11-6-12-26-20-10-5-8-18(14-20)16(2)24/h4-5,7-10,13-14,22H,3,6,11-12,15H2,1-2H3,(H,23,25). The molecule has 0 aliphatic rings. The summed E-state index contributed by atoms with van der Waals surface area (Å²) in [4.78, 5) is 23.4. The van der Waals surface area contributed by atoms with E-state index in [2.05, 4.69) is 17.6 Å². The number of ketones is 1. The molecule has 0 unspecified atom stereocenters. The number of amides is 1. The summed E-state index contributed by atoms with van der Waals surface area (Å²) in [5, 5.41) is 6.18. The summed E-state index contributed by atoms with van der Waals surface area (Å²) in [7, 11) is 0. The molecule has 1 amide bonds. The van der Waals surface area contributed by atoms with Gasteiger partial charge < -0.3 is 15.4 Å². The van der Waals surface area contributed by atoms with Crippen LogP contribution in [0.25, 0.3) is 0 Å². The minimum absolute atomic E-state index is 0.00574. The van der Waals surface area contributed by atoms with Gasteiger partial charge in [-0.1, -0.05) is 31.2 Å². The summed E-state index contributed by atoms with van der Waals surface area (Å²) in [5.74, 6) is 0.618. The first kappa shape index (κ1) is 19.7. The van der Waals surface area contributed by atoms with Crippen LogP contribution in [0.3, 0.4) is 0 Å². The van der Waals surface area contributed by atoms with Gasteiger partial charge in [0.15, 0.2) is 5.78 Å². The Labute approximate surface area is 154 Å². The van der Waals surface area contributed by atoms with Gasteiger partial charge in [-0.2, -0.15) is 0 Å². The molecule has 0 spiro atoms. The summed E-state index contributed by atoms with van der Waals surface area (Å²) >= 11 is 0. The maximum absolute atomic E-state index is 12.1. The number of Topliss-reactive ketones (excluding diaryl/α,β-unsaturated/α-hetero) is 1. The molecular weight excluding hydrogens is 328 g/mol. The molecule has 0 aromatic heterocycles. The molecule has 5 nitrogen and oxygen atoms in total. The van der Waals surface area contributed by atoms with Crippen molar-refractivity contribution in [2.75, 3.05) is 18.5 Å². The predicted molar refractivity (Wildman–Crippen MR) is 104 cm³/mol. The molecule has 2 aromatic carbocycles. The quantitative estimate of drug-likeness (QED) is 0.503. The lowest BCUT2D eigenvalue weighted by atomic mass is 10.1. The van der Waals surface area contributed by atoms with Crippen LogP contribution in [-0.2, 0) is 11.3 Å². The number of hydrogen-bond acceptors (Lipinski definition) is 4. The van der Waals surface area contributed by atoms with Crippen LogP contribution in [0.15, 0.2) is 48.5 Å². The zero-order valence-electron chi connectivity index (χ0n) is 15.4. The lowest BCUT2D eigenvalue weighted by Crippen LogP contribution is -2.14. The molecule has 2 N–H and O–H groups in total. The fourth-order valence-electron chi connectivity index (χ4n) is 2.48. The largest absolute Gasteiger partial charge is 0.494 e. The Kier molecular flexibility index (Phi) is 7.83. The molecule has 0 atom stereocenters. The molecule has 0 saturated carbocycles. The van der Waals surface area contributed by atoms with Crippen LogP contribution < -0.4 is 15.4 Å². The van der Waals surface area contributed by atoms with Crippen molar-refractivity contribution < 1.29 is 14.3 Å². The molecular formula is C21H26N2O3. The lowest BCUT2D eigenvalue weighted by molar-refractivity contribution is -0.116. The zero-order valence-corrected chi connectivity index (χ0v) is 15.4. The first-order chi connectivity index (χ1) is 12.6. The molecule has 0 saturated heterocycles. The second-order valence-electron chi connectivity index (χ2n) is 6.06. The van der Waals surface area contributed by atoms with Crippen molar-refractivity contribution in [3.63, 3.8) is 0 Å². The van der Waals surface area contributed by atoms with Crippen molar-refractivity contribution in [2.24, 2.45) is 0 Å². The third kappa shape index (κ3) is 6.69. The molecule has 2 rings (SSSR count). The maximum Gasteiger partial charge on any atom is 0.224 e. The number of nitrogens with one attached hydrogen (secondary N) is 2. The van der Waals surface area contributed by atoms with Gasteiger partial charge in [-0.15, -0.1) is 0 Å². The average molecular weight is 354 g/mol. The van der Waals surface area contributed by atoms with Crippen LogP contribution in [-0.4, -0.2) is 24.8 Å². The van der Waals surface area contributed by atoms with Gasteiger partial charge >= 0.3 is 0 Å². The van der Waals surface area contributed by atoms with Crippen molar-refractivity contribution >= 4 is 17.4 Å². The number of carbonyl (C=O) groups excluding carboxylic acids is 2. The smallest absolute Gasteiger partial charge is 0.224 e. The van der Waals surface area contributed by atoms with Crippen LogP contribution >= 0.6 is 0 Å². The highest BCUT2D eigenvalue weighted by molar-refractivity contribution is 5.94. The van der Waals surface area contributed by atoms with Crippen LogP contribution in [0.4, 0.5) is 5.69 Å². The molecule has 0 heterocycles. The normalized spacial score (nSPS) is 10.4. The van der Waals surface area contributed by atoms with E-state index in [4.69, 9.17) is 4.74 Å². The maximum atomic E-state index is 12.1. The molecule has 0 fully saturated rings. The number of carbonyl (C=O) groups is 2. The lowest BCUT2D eigenvalue weighted by Gasteiger charge is -2.09. The minimum atomic E-state index is -0.0355. The second-order valence-corrected chi connectivity index (χ2v) is 6.06. The summed E-state index contributed by atoms with van der Waals surface area (Å²) in [6.45, 7) is 5.70. The van der Waals surface area contributed by atoms with E-state index in [9.17, 15) is 9.59 Å². The van der Waals surface area contributed by atoms with E-state index in [1.165, 1.54) is 6.92 Å². The Morgan fingerprint density at radius 1 is 1.08 bits per heavy atom. The van der Waals surface area contributed by atoms with Gasteiger partial charge in [-0.3, -0.25) is 9.59 Å². The van der Waals surface area contributed by atoms with E-state index in [0.717, 1.165) is 24.3 Å². The SMILES string of the molecule is CCNCc1cccc(NC(=O)CCCOc2cccc(C(C)=O)c2)c1. The van der Waals surface area contributed by atoms with Crippen LogP contribution in [0.2, 0.25) is 0 Å². The highest BCUT2D eigenvalue weighted by Gasteiger charge is 2.05. The van der Waals surface area contributed by atoms with Gasteiger partial charge in [-0.05, 0) is 49.7 Å². The van der Waals surface area contributed by atoms with E-state index in [-0.39, 0.29) is 11.7 Å². The molecule has 0 radical (unpaired) electrons. The van der Waals surface area contributed by atoms with Gasteiger partial charge in [0.05, 0.1) is 6.61 Å². The molecule has 138 valence electrons. The number of ether oxygens (including phenoxy) is 1. The van der Waals surface area contributed by atoms with Gasteiger partial charge in [0.25, 0.3) is 0 Å². The third-order valence-electron chi connectivity index (χ3n) is 3.85. The number of benzene rings is 2. The highest BCUT2D eigenvalue weighted by atomic mass is 16.5. The Morgan fingerprint density at radius 3 is 2.65 bits per heavy atom. The minimum Gasteiger partial charge on any atom is -0.494 e. The Hall–Kier alpha value is -2.66. The summed E-state index contributed by atoms with van der Waals surface area (Å²) in [6.07, 6.45) is 0.983. The van der Waals surface area contributed by atoms with Crippen LogP contribution in [0.5, 0.6) is 5.75 Å². The van der Waals surface area contributed by atoms with E-state index in [1.54, 1.807) is 18.2 Å². The number of anilines is 1. The van der Waals surface area contributed by atoms with Crippen molar-refractivity contribution in [1.29, 1.82) is 0 Å². The molecule has 2 aromatic rings. The summed E-state index contributed by atoms with van der Waals surface area (Å²) < 4.78 is 5.62. The van der Waals surface area contributed by atoms with Crippen LogP contribution in [0.1, 0.15) is 42.6 Å². The van der Waals surface area contributed by atoms with Gasteiger partial charge in [-0.25, -0.2) is 0 Å². The van der Waals surface area contributed by atoms with E-state index >= 15 is 0 Å². The fourth-order valence-corrected chi connectivity index (χ4v) is 2.48. The Bertz CT molecular complexity index is 744. The monoisotopic (exact) mass is 354 g/mol. The molecule has 0 aliphatic carbocycles. The van der Waals surface area contributed by atoms with Crippen molar-refractivity contribution in [3.05, 3.63) is 59.7 Å². The van der Waals surface area contributed by atoms with E-state index in [0.29, 0.717) is 30.8 Å². The van der Waals surface area contributed by atoms with Crippen LogP contribution in [0, 0.1) is 0 Å². The topological polar surface area (TPSA) is 67.4 Å². The average Bonchev–Trinajstić information content (AvgIpc) is 2.64. The first-order valence-corrected chi connectivity index (χ1v) is 8.92. The molecule has 26 heavy (non-hydrogen) atoms. The zero-order chi connectivity index (χ0) is 18.8. The molecule has 5 heteroatoms. The Morgan fingerprint density at radius 2 is 1.88 bits per heavy atom. The molecule has 0 aliphatic heterocycles. The van der Waals surface area contributed by atoms with Crippen molar-refractivity contribution in [3.8, 4) is 5.75 Å². The van der Waals surface area contributed by atoms with Gasteiger partial charge in [0.2, 0.25) is 5.91 Å². The summed E-state index contributed by atoms with van der Waals surface area (Å²) in [5.41, 5.74) is 2.57. The van der Waals surface area contributed by atoms with E-state index < -0.39 is 0 Å². The molecule has 0 bridgehead atoms. The Balaban J connectivity index is 1.74. The first-order valence-electron chi connectivity index (χ1n) is 8.92. The van der Waals surface area contributed by atoms with Gasteiger partial charge in [0, 0.05) is 24.2 Å². The van der Waals surface area contributed by atoms with Crippen molar-refractivity contribution in [1.82, 2.24) is 5.32 Å². The fraction of sp³-hybridized carbons (Fsp3) is 0.333. The second kappa shape index (κ2) is 10.4. The summed E-state index contributed by atoms with van der Waals surface area (Å²) in [6, 6.07) is 14.9.